The predicted octanol–water partition coefficient (Wildman–Crippen LogP) is 0.887. The van der Waals surface area contributed by atoms with Crippen LogP contribution in [-0.2, 0) is 14.3 Å². The van der Waals surface area contributed by atoms with Crippen molar-refractivity contribution in [3.63, 3.8) is 0 Å². The first-order valence-electron chi connectivity index (χ1n) is 8.74. The Bertz CT molecular complexity index is 656. The number of rotatable bonds is 7. The molecule has 2 amide bonds. The van der Waals surface area contributed by atoms with Gasteiger partial charge in [0.2, 0.25) is 5.91 Å². The van der Waals surface area contributed by atoms with Gasteiger partial charge in [-0.2, -0.15) is 0 Å². The van der Waals surface area contributed by atoms with Crippen molar-refractivity contribution in [3.05, 3.63) is 24.3 Å². The lowest BCUT2D eigenvalue weighted by atomic mass is 10.2. The third-order valence-electron chi connectivity index (χ3n) is 4.25. The fourth-order valence-electron chi connectivity index (χ4n) is 2.81. The minimum absolute atomic E-state index is 0.0575. The lowest BCUT2D eigenvalue weighted by Crippen LogP contribution is -2.53. The van der Waals surface area contributed by atoms with Gasteiger partial charge in [-0.25, -0.2) is 4.79 Å². The van der Waals surface area contributed by atoms with Gasteiger partial charge in [0.05, 0.1) is 20.3 Å². The van der Waals surface area contributed by atoms with E-state index in [2.05, 4.69) is 0 Å². The molecule has 148 valence electrons. The summed E-state index contributed by atoms with van der Waals surface area (Å²) in [6, 6.07) is 6.86. The zero-order valence-corrected chi connectivity index (χ0v) is 15.6. The summed E-state index contributed by atoms with van der Waals surface area (Å²) in [7, 11) is 1.55. The molecule has 0 saturated carbocycles. The van der Waals surface area contributed by atoms with Gasteiger partial charge in [0.25, 0.3) is 0 Å². The zero-order valence-electron chi connectivity index (χ0n) is 15.6. The van der Waals surface area contributed by atoms with Crippen molar-refractivity contribution < 1.29 is 29.0 Å². The largest absolute Gasteiger partial charge is 0.497 e. The molecule has 27 heavy (non-hydrogen) atoms. The molecule has 0 aromatic heterocycles. The zero-order chi connectivity index (χ0) is 19.8. The van der Waals surface area contributed by atoms with Crippen molar-refractivity contribution in [2.45, 2.75) is 6.92 Å². The molecule has 9 heteroatoms. The Morgan fingerprint density at radius 3 is 2.15 bits per heavy atom. The molecule has 0 atom stereocenters. The number of carbonyl (C=O) groups is 3. The summed E-state index contributed by atoms with van der Waals surface area (Å²) in [6.07, 6.45) is -0.379. The molecule has 2 rings (SSSR count). The number of amides is 2. The van der Waals surface area contributed by atoms with Gasteiger partial charge >= 0.3 is 12.1 Å². The van der Waals surface area contributed by atoms with Crippen molar-refractivity contribution in [2.24, 2.45) is 0 Å². The normalized spacial score (nSPS) is 13.9. The van der Waals surface area contributed by atoms with Crippen LogP contribution in [0.3, 0.4) is 0 Å². The molecule has 1 fully saturated rings. The number of carboxylic acids is 1. The summed E-state index contributed by atoms with van der Waals surface area (Å²) in [4.78, 5) is 40.2. The molecular formula is C18H25N3O6. The van der Waals surface area contributed by atoms with Crippen LogP contribution in [0.1, 0.15) is 6.92 Å². The third kappa shape index (κ3) is 5.77. The first-order chi connectivity index (χ1) is 12.9. The average Bonchev–Trinajstić information content (AvgIpc) is 2.67. The number of benzene rings is 1. The van der Waals surface area contributed by atoms with Gasteiger partial charge in [-0.3, -0.25) is 9.59 Å². The monoisotopic (exact) mass is 379 g/mol. The van der Waals surface area contributed by atoms with E-state index in [1.165, 1.54) is 4.90 Å². The van der Waals surface area contributed by atoms with Crippen LogP contribution in [0.25, 0.3) is 0 Å². The minimum atomic E-state index is -1.02. The molecule has 1 aromatic rings. The lowest BCUT2D eigenvalue weighted by Gasteiger charge is -2.35. The Morgan fingerprint density at radius 1 is 1.04 bits per heavy atom. The number of hydrogen-bond acceptors (Lipinski definition) is 6. The van der Waals surface area contributed by atoms with E-state index in [1.807, 2.05) is 0 Å². The predicted molar refractivity (Wildman–Crippen MR) is 98.0 cm³/mol. The molecule has 1 heterocycles. The van der Waals surface area contributed by atoms with Gasteiger partial charge in [-0.15, -0.1) is 0 Å². The fourth-order valence-corrected chi connectivity index (χ4v) is 2.81. The molecule has 1 aliphatic heterocycles. The SMILES string of the molecule is CCOC(=O)N1CCN(C(=O)CN(CC(=O)O)c2ccc(OC)cc2)CC1. The van der Waals surface area contributed by atoms with Crippen LogP contribution >= 0.6 is 0 Å². The van der Waals surface area contributed by atoms with Crippen LogP contribution in [0.2, 0.25) is 0 Å². The summed E-state index contributed by atoms with van der Waals surface area (Å²) >= 11 is 0. The second-order valence-electron chi connectivity index (χ2n) is 6.01. The van der Waals surface area contributed by atoms with Crippen LogP contribution in [0.4, 0.5) is 10.5 Å². The highest BCUT2D eigenvalue weighted by molar-refractivity contribution is 5.84. The molecule has 0 bridgehead atoms. The smallest absolute Gasteiger partial charge is 0.409 e. The van der Waals surface area contributed by atoms with E-state index in [1.54, 1.807) is 48.1 Å². The molecule has 0 radical (unpaired) electrons. The number of anilines is 1. The highest BCUT2D eigenvalue weighted by Gasteiger charge is 2.26. The third-order valence-corrected chi connectivity index (χ3v) is 4.25. The maximum absolute atomic E-state index is 12.6. The quantitative estimate of drug-likeness (QED) is 0.751. The molecule has 0 aliphatic carbocycles. The van der Waals surface area contributed by atoms with E-state index in [0.29, 0.717) is 44.2 Å². The van der Waals surface area contributed by atoms with Crippen LogP contribution in [0, 0.1) is 0 Å². The average molecular weight is 379 g/mol. The van der Waals surface area contributed by atoms with Crippen LogP contribution in [-0.4, -0.2) is 85.9 Å². The van der Waals surface area contributed by atoms with E-state index in [-0.39, 0.29) is 25.1 Å². The first-order valence-corrected chi connectivity index (χ1v) is 8.74. The number of methoxy groups -OCH3 is 1. The van der Waals surface area contributed by atoms with Crippen LogP contribution in [0.15, 0.2) is 24.3 Å². The topological polar surface area (TPSA) is 99.6 Å². The molecule has 9 nitrogen and oxygen atoms in total. The number of carboxylic acid groups (broad SMARTS) is 1. The number of aliphatic carboxylic acids is 1. The van der Waals surface area contributed by atoms with E-state index in [0.717, 1.165) is 0 Å². The summed E-state index contributed by atoms with van der Waals surface area (Å²) in [5, 5.41) is 9.17. The van der Waals surface area contributed by atoms with E-state index in [4.69, 9.17) is 14.6 Å². The van der Waals surface area contributed by atoms with Crippen LogP contribution in [0.5, 0.6) is 5.75 Å². The molecular weight excluding hydrogens is 354 g/mol. The first kappa shape index (κ1) is 20.3. The maximum atomic E-state index is 12.6. The molecule has 1 N–H and O–H groups in total. The summed E-state index contributed by atoms with van der Waals surface area (Å²) in [6.45, 7) is 3.27. The Kier molecular flexibility index (Phi) is 7.27. The van der Waals surface area contributed by atoms with Crippen molar-refractivity contribution in [1.29, 1.82) is 0 Å². The maximum Gasteiger partial charge on any atom is 0.409 e. The highest BCUT2D eigenvalue weighted by Crippen LogP contribution is 2.19. The van der Waals surface area contributed by atoms with Crippen molar-refractivity contribution >= 4 is 23.7 Å². The van der Waals surface area contributed by atoms with Gasteiger partial charge in [-0.1, -0.05) is 0 Å². The molecule has 1 aliphatic rings. The summed E-state index contributed by atoms with van der Waals surface area (Å²) < 4.78 is 10.1. The van der Waals surface area contributed by atoms with Gasteiger partial charge in [0.1, 0.15) is 12.3 Å². The lowest BCUT2D eigenvalue weighted by molar-refractivity contribution is -0.135. The Labute approximate surface area is 158 Å². The molecule has 1 saturated heterocycles. The van der Waals surface area contributed by atoms with Crippen molar-refractivity contribution in [2.75, 3.05) is 57.9 Å². The Balaban J connectivity index is 1.97. The Morgan fingerprint density at radius 2 is 1.63 bits per heavy atom. The summed E-state index contributed by atoms with van der Waals surface area (Å²) in [5.74, 6) is -0.559. The van der Waals surface area contributed by atoms with Gasteiger partial charge < -0.3 is 29.3 Å². The number of piperazine rings is 1. The molecule has 1 aromatic carbocycles. The number of nitrogens with zero attached hydrogens (tertiary/aromatic N) is 3. The van der Waals surface area contributed by atoms with Crippen LogP contribution < -0.4 is 9.64 Å². The Hall–Kier alpha value is -2.97. The molecule has 0 spiro atoms. The molecule has 0 unspecified atom stereocenters. The van der Waals surface area contributed by atoms with E-state index < -0.39 is 5.97 Å². The van der Waals surface area contributed by atoms with Gasteiger partial charge in [0.15, 0.2) is 0 Å². The van der Waals surface area contributed by atoms with Gasteiger partial charge in [-0.05, 0) is 31.2 Å². The fraction of sp³-hybridized carbons (Fsp3) is 0.500. The second-order valence-corrected chi connectivity index (χ2v) is 6.01. The van der Waals surface area contributed by atoms with E-state index in [9.17, 15) is 14.4 Å². The highest BCUT2D eigenvalue weighted by atomic mass is 16.6. The second kappa shape index (κ2) is 9.65. The van der Waals surface area contributed by atoms with E-state index >= 15 is 0 Å². The number of carbonyl (C=O) groups excluding carboxylic acids is 2. The summed E-state index contributed by atoms with van der Waals surface area (Å²) in [5.41, 5.74) is 0.622. The minimum Gasteiger partial charge on any atom is -0.497 e. The number of ether oxygens (including phenoxy) is 2. The number of hydrogen-bond donors (Lipinski definition) is 1. The van der Waals surface area contributed by atoms with Gasteiger partial charge in [0, 0.05) is 31.9 Å². The van der Waals surface area contributed by atoms with Crippen molar-refractivity contribution in [1.82, 2.24) is 9.80 Å². The standard InChI is InChI=1S/C18H25N3O6/c1-3-27-18(25)20-10-8-19(9-11-20)16(22)12-21(13-17(23)24)14-4-6-15(26-2)7-5-14/h4-7H,3,8-13H2,1-2H3,(H,23,24). The van der Waals surface area contributed by atoms with Crippen molar-refractivity contribution in [3.8, 4) is 5.75 Å².